The molecule has 0 spiro atoms. The van der Waals surface area contributed by atoms with Crippen molar-refractivity contribution in [2.75, 3.05) is 13.1 Å². The van der Waals surface area contributed by atoms with Gasteiger partial charge in [0.05, 0.1) is 12.1 Å². The van der Waals surface area contributed by atoms with Crippen LogP contribution in [-0.2, 0) is 11.3 Å². The van der Waals surface area contributed by atoms with Gasteiger partial charge in [0.15, 0.2) is 0 Å². The molecule has 1 saturated heterocycles. The number of hydrogen-bond acceptors (Lipinski definition) is 5. The molecule has 8 heteroatoms. The molecule has 1 aliphatic rings. The Morgan fingerprint density at radius 1 is 1.04 bits per heavy atom. The Morgan fingerprint density at radius 3 is 2.32 bits per heavy atom. The van der Waals surface area contributed by atoms with Crippen LogP contribution >= 0.6 is 0 Å². The molecule has 1 aromatic heterocycles. The molecule has 3 aromatic rings. The summed E-state index contributed by atoms with van der Waals surface area (Å²) in [6.07, 6.45) is -0.338. The highest BCUT2D eigenvalue weighted by Crippen LogP contribution is 2.15. The number of benzene rings is 2. The van der Waals surface area contributed by atoms with Gasteiger partial charge in [-0.2, -0.15) is 15.0 Å². The fraction of sp³-hybridized carbons (Fsp3) is 0.300. The van der Waals surface area contributed by atoms with Crippen molar-refractivity contribution in [1.82, 2.24) is 25.2 Å². The second-order valence-electron chi connectivity index (χ2n) is 6.87. The number of aliphatic hydroxyl groups excluding tert-OH is 1. The number of β-amino-alcohol motifs (C(OH)–C–C–N with tert-alkyl or cyclic N) is 1. The first-order chi connectivity index (χ1) is 13.6. The number of carbonyl (C=O) groups is 2. The number of nitrogens with one attached hydrogen (secondary N) is 1. The maximum absolute atomic E-state index is 12.5. The van der Waals surface area contributed by atoms with Crippen molar-refractivity contribution in [3.05, 3.63) is 60.2 Å². The van der Waals surface area contributed by atoms with Gasteiger partial charge in [0.25, 0.3) is 5.91 Å². The Hall–Kier alpha value is -3.26. The van der Waals surface area contributed by atoms with Gasteiger partial charge in [-0.3, -0.25) is 9.59 Å². The molecule has 2 N–H and O–H groups in total. The van der Waals surface area contributed by atoms with E-state index in [1.165, 1.54) is 4.80 Å². The van der Waals surface area contributed by atoms with Crippen molar-refractivity contribution >= 4 is 22.8 Å². The highest BCUT2D eigenvalue weighted by Gasteiger charge is 2.31. The number of likely N-dealkylation sites (tertiary alicyclic amines) is 1. The molecule has 4 rings (SSSR count). The smallest absolute Gasteiger partial charge is 0.253 e. The van der Waals surface area contributed by atoms with E-state index in [0.29, 0.717) is 18.5 Å². The van der Waals surface area contributed by atoms with Crippen LogP contribution in [0.3, 0.4) is 0 Å². The largest absolute Gasteiger partial charge is 0.389 e. The predicted octanol–water partition coefficient (Wildman–Crippen LogP) is 0.823. The van der Waals surface area contributed by atoms with E-state index in [0.717, 1.165) is 11.0 Å². The summed E-state index contributed by atoms with van der Waals surface area (Å²) < 4.78 is 0. The first-order valence-corrected chi connectivity index (χ1v) is 9.22. The number of aliphatic hydroxyl groups is 1. The van der Waals surface area contributed by atoms with E-state index >= 15 is 0 Å². The van der Waals surface area contributed by atoms with Crippen molar-refractivity contribution in [2.45, 2.75) is 25.1 Å². The lowest BCUT2D eigenvalue weighted by Gasteiger charge is -2.36. The van der Waals surface area contributed by atoms with Crippen LogP contribution in [0.1, 0.15) is 16.8 Å². The molecule has 1 fully saturated rings. The lowest BCUT2D eigenvalue weighted by molar-refractivity contribution is -0.124. The molecule has 0 unspecified atom stereocenters. The molecule has 2 amide bonds. The van der Waals surface area contributed by atoms with Gasteiger partial charge < -0.3 is 15.3 Å². The van der Waals surface area contributed by atoms with Crippen LogP contribution in [0.15, 0.2) is 54.6 Å². The highest BCUT2D eigenvalue weighted by molar-refractivity contribution is 5.94. The first-order valence-electron chi connectivity index (χ1n) is 9.22. The van der Waals surface area contributed by atoms with Gasteiger partial charge in [0, 0.05) is 18.7 Å². The number of fused-ring (bicyclic) bond motifs is 1. The second-order valence-corrected chi connectivity index (χ2v) is 6.87. The Labute approximate surface area is 161 Å². The number of hydrogen-bond donors (Lipinski definition) is 2. The molecule has 2 heterocycles. The molecule has 144 valence electrons. The summed E-state index contributed by atoms with van der Waals surface area (Å²) in [6, 6.07) is 16.0. The number of nitrogens with zero attached hydrogens (tertiary/aromatic N) is 4. The molecular weight excluding hydrogens is 358 g/mol. The molecular formula is C20H21N5O3. The maximum atomic E-state index is 12.5. The Balaban J connectivity index is 1.33. The van der Waals surface area contributed by atoms with E-state index in [4.69, 9.17) is 0 Å². The van der Waals surface area contributed by atoms with Gasteiger partial charge in [0.1, 0.15) is 17.6 Å². The summed E-state index contributed by atoms with van der Waals surface area (Å²) in [4.78, 5) is 27.8. The molecule has 2 atom stereocenters. The third kappa shape index (κ3) is 3.86. The van der Waals surface area contributed by atoms with Crippen LogP contribution in [0.5, 0.6) is 0 Å². The van der Waals surface area contributed by atoms with Crippen LogP contribution in [0.4, 0.5) is 0 Å². The highest BCUT2D eigenvalue weighted by atomic mass is 16.3. The summed E-state index contributed by atoms with van der Waals surface area (Å²) in [5.41, 5.74) is 2.04. The minimum Gasteiger partial charge on any atom is -0.389 e. The summed E-state index contributed by atoms with van der Waals surface area (Å²) in [6.45, 7) is 0.632. The average molecular weight is 379 g/mol. The molecule has 0 bridgehead atoms. The number of aromatic nitrogens is 3. The van der Waals surface area contributed by atoms with E-state index in [-0.39, 0.29) is 24.9 Å². The molecule has 0 radical (unpaired) electrons. The predicted molar refractivity (Wildman–Crippen MR) is 102 cm³/mol. The van der Waals surface area contributed by atoms with Crippen molar-refractivity contribution in [1.29, 1.82) is 0 Å². The van der Waals surface area contributed by atoms with E-state index in [1.54, 1.807) is 17.0 Å². The first kappa shape index (κ1) is 18.1. The maximum Gasteiger partial charge on any atom is 0.253 e. The van der Waals surface area contributed by atoms with Gasteiger partial charge in [-0.15, -0.1) is 0 Å². The fourth-order valence-corrected chi connectivity index (χ4v) is 3.40. The number of amides is 2. The van der Waals surface area contributed by atoms with E-state index in [9.17, 15) is 14.7 Å². The molecule has 8 nitrogen and oxygen atoms in total. The molecule has 1 aliphatic heterocycles. The van der Waals surface area contributed by atoms with Crippen molar-refractivity contribution in [2.24, 2.45) is 0 Å². The third-order valence-electron chi connectivity index (χ3n) is 4.85. The van der Waals surface area contributed by atoms with Crippen LogP contribution in [-0.4, -0.2) is 62.0 Å². The molecule has 28 heavy (non-hydrogen) atoms. The van der Waals surface area contributed by atoms with E-state index < -0.39 is 12.1 Å². The lowest BCUT2D eigenvalue weighted by atomic mass is 10.0. The van der Waals surface area contributed by atoms with Crippen LogP contribution in [0.25, 0.3) is 11.0 Å². The topological polar surface area (TPSA) is 100 Å². The minimum atomic E-state index is -0.824. The standard InChI is InChI=1S/C20H21N5O3/c26-18-12-24(20(28)14-6-2-1-3-7-14)11-10-17(18)21-19(27)13-25-22-15-8-4-5-9-16(15)23-25/h1-9,17-18,26H,10-13H2,(H,21,27)/t17-,18-/m1/s1. The zero-order valence-corrected chi connectivity index (χ0v) is 15.2. The Kier molecular flexibility index (Phi) is 5.03. The fourth-order valence-electron chi connectivity index (χ4n) is 3.40. The van der Waals surface area contributed by atoms with Crippen LogP contribution < -0.4 is 5.32 Å². The van der Waals surface area contributed by atoms with E-state index in [2.05, 4.69) is 15.5 Å². The second kappa shape index (κ2) is 7.77. The third-order valence-corrected chi connectivity index (χ3v) is 4.85. The lowest BCUT2D eigenvalue weighted by Crippen LogP contribution is -2.55. The average Bonchev–Trinajstić information content (AvgIpc) is 3.11. The molecule has 0 aliphatic carbocycles. The zero-order valence-electron chi connectivity index (χ0n) is 15.2. The van der Waals surface area contributed by atoms with Gasteiger partial charge >= 0.3 is 0 Å². The minimum absolute atomic E-state index is 0.0233. The zero-order chi connectivity index (χ0) is 19.5. The summed E-state index contributed by atoms with van der Waals surface area (Å²) in [5.74, 6) is -0.385. The van der Waals surface area contributed by atoms with Gasteiger partial charge in [-0.25, -0.2) is 0 Å². The van der Waals surface area contributed by atoms with Crippen molar-refractivity contribution in [3.63, 3.8) is 0 Å². The number of piperidine rings is 1. The van der Waals surface area contributed by atoms with Gasteiger partial charge in [-0.05, 0) is 30.7 Å². The summed E-state index contributed by atoms with van der Waals surface area (Å²) >= 11 is 0. The Bertz CT molecular complexity index is 955. The number of carbonyl (C=O) groups excluding carboxylic acids is 2. The van der Waals surface area contributed by atoms with Crippen molar-refractivity contribution < 1.29 is 14.7 Å². The summed E-state index contributed by atoms with van der Waals surface area (Å²) in [5, 5.41) is 21.8. The summed E-state index contributed by atoms with van der Waals surface area (Å²) in [7, 11) is 0. The SMILES string of the molecule is O=C(Cn1nc2ccccc2n1)N[C@@H]1CCN(C(=O)c2ccccc2)C[C@H]1O. The van der Waals surface area contributed by atoms with Crippen LogP contribution in [0, 0.1) is 0 Å². The van der Waals surface area contributed by atoms with Crippen LogP contribution in [0.2, 0.25) is 0 Å². The molecule has 2 aromatic carbocycles. The normalized spacial score (nSPS) is 19.5. The van der Waals surface area contributed by atoms with Gasteiger partial charge in [-0.1, -0.05) is 30.3 Å². The van der Waals surface area contributed by atoms with E-state index in [1.807, 2.05) is 42.5 Å². The van der Waals surface area contributed by atoms with Gasteiger partial charge in [0.2, 0.25) is 5.91 Å². The van der Waals surface area contributed by atoms with Crippen molar-refractivity contribution in [3.8, 4) is 0 Å². The molecule has 0 saturated carbocycles. The Morgan fingerprint density at radius 2 is 1.68 bits per heavy atom. The number of rotatable bonds is 4. The monoisotopic (exact) mass is 379 g/mol. The quantitative estimate of drug-likeness (QED) is 0.699.